The third kappa shape index (κ3) is 4.03. The molecule has 33 heavy (non-hydrogen) atoms. The Kier molecular flexibility index (Phi) is 5.05. The fraction of sp³-hybridized carbons (Fsp3) is 0.238. The van der Waals surface area contributed by atoms with Crippen LogP contribution in [0.3, 0.4) is 0 Å². The first-order chi connectivity index (χ1) is 15.9. The number of ether oxygens (including phenoxy) is 1. The molecule has 1 atom stereocenters. The van der Waals surface area contributed by atoms with Gasteiger partial charge < -0.3 is 15.0 Å². The van der Waals surface area contributed by atoms with Gasteiger partial charge in [-0.05, 0) is 23.8 Å². The molecule has 11 nitrogen and oxygen atoms in total. The summed E-state index contributed by atoms with van der Waals surface area (Å²) in [5.41, 5.74) is 9.23. The number of likely N-dealkylation sites (N-methyl/N-ethyl adjacent to an activating group) is 1. The minimum absolute atomic E-state index is 0.0448. The number of fused-ring (bicyclic) bond motifs is 2. The molecular weight excluding hydrogens is 431 g/mol. The molecule has 0 saturated carbocycles. The zero-order valence-corrected chi connectivity index (χ0v) is 17.8. The summed E-state index contributed by atoms with van der Waals surface area (Å²) in [7, 11) is 3.45. The van der Waals surface area contributed by atoms with Crippen molar-refractivity contribution in [2.75, 3.05) is 36.5 Å². The molecule has 0 bridgehead atoms. The van der Waals surface area contributed by atoms with Gasteiger partial charge in [0.1, 0.15) is 30.0 Å². The lowest BCUT2D eigenvalue weighted by molar-refractivity contribution is -0.120. The summed E-state index contributed by atoms with van der Waals surface area (Å²) >= 11 is 0. The molecule has 3 aromatic rings. The second-order valence-corrected chi connectivity index (χ2v) is 7.79. The Bertz CT molecular complexity index is 1230. The molecule has 3 heterocycles. The van der Waals surface area contributed by atoms with Gasteiger partial charge in [0.25, 0.3) is 11.8 Å². The number of nitrogens with zero attached hydrogens (tertiary/aromatic N) is 4. The Morgan fingerprint density at radius 1 is 1.21 bits per heavy atom. The number of hydrazine groups is 2. The van der Waals surface area contributed by atoms with E-state index in [-0.39, 0.29) is 24.2 Å². The van der Waals surface area contributed by atoms with E-state index in [0.717, 1.165) is 16.9 Å². The highest BCUT2D eigenvalue weighted by atomic mass is 19.1. The van der Waals surface area contributed by atoms with Crippen LogP contribution in [0, 0.1) is 5.82 Å². The molecule has 0 aliphatic carbocycles. The minimum atomic E-state index is -0.924. The number of amides is 2. The van der Waals surface area contributed by atoms with Crippen molar-refractivity contribution in [3.63, 3.8) is 0 Å². The van der Waals surface area contributed by atoms with E-state index in [2.05, 4.69) is 31.3 Å². The fourth-order valence-corrected chi connectivity index (χ4v) is 3.72. The number of carbonyl (C=O) groups excluding carboxylic acids is 2. The summed E-state index contributed by atoms with van der Waals surface area (Å²) in [6.07, 6.45) is 0.353. The molecule has 0 saturated heterocycles. The molecule has 12 heteroatoms. The molecule has 1 aromatic heterocycles. The Hall–Kier alpha value is -4.19. The Morgan fingerprint density at radius 3 is 2.70 bits per heavy atom. The third-order valence-corrected chi connectivity index (χ3v) is 5.40. The van der Waals surface area contributed by atoms with Crippen LogP contribution in [0.4, 0.5) is 21.5 Å². The maximum Gasteiger partial charge on any atom is 0.291 e. The number of nitrogens with one attached hydrogen (secondary N) is 4. The van der Waals surface area contributed by atoms with Crippen LogP contribution in [-0.4, -0.2) is 58.9 Å². The van der Waals surface area contributed by atoms with E-state index in [4.69, 9.17) is 4.74 Å². The number of rotatable bonds is 4. The number of halogens is 1. The van der Waals surface area contributed by atoms with Crippen molar-refractivity contribution in [3.05, 3.63) is 59.4 Å². The average Bonchev–Trinajstić information content (AvgIpc) is 3.39. The lowest BCUT2D eigenvalue weighted by Crippen LogP contribution is -2.49. The molecule has 0 unspecified atom stereocenters. The van der Waals surface area contributed by atoms with Crippen molar-refractivity contribution in [3.8, 4) is 5.75 Å². The summed E-state index contributed by atoms with van der Waals surface area (Å²) in [5, 5.41) is 11.0. The first kappa shape index (κ1) is 20.7. The Balaban J connectivity index is 1.28. The van der Waals surface area contributed by atoms with Crippen molar-refractivity contribution in [2.24, 2.45) is 0 Å². The summed E-state index contributed by atoms with van der Waals surface area (Å²) in [4.78, 5) is 31.4. The highest BCUT2D eigenvalue weighted by Gasteiger charge is 2.33. The standard InChI is InChI=1S/C21H21FN8O3/c1-29-16-8-13-14(28-30(2)27-13)9-17(16)33-10-15(21(29)32)23-20(31)19-24-18(25-26-19)7-11-3-5-12(22)6-4-11/h3-6,8-9,15,27-28H,7,10H2,1-2H3,(H,23,31)(H,24,25,26)/t15-/m0/s1. The SMILES string of the molecule is CN1Nc2cc3c(cc2N1)N(C)C(=O)[C@@H](NC(=O)c1n[nH]c(Cc2ccc(F)cc2)n1)CO3. The van der Waals surface area contributed by atoms with E-state index in [0.29, 0.717) is 23.7 Å². The van der Waals surface area contributed by atoms with Crippen LogP contribution >= 0.6 is 0 Å². The molecule has 2 amide bonds. The third-order valence-electron chi connectivity index (χ3n) is 5.40. The fourth-order valence-electron chi connectivity index (χ4n) is 3.72. The summed E-state index contributed by atoms with van der Waals surface area (Å²) in [5.74, 6) is -0.401. The molecule has 0 spiro atoms. The minimum Gasteiger partial charge on any atom is -0.489 e. The van der Waals surface area contributed by atoms with Crippen LogP contribution < -0.4 is 25.8 Å². The number of aromatic amines is 1. The second-order valence-electron chi connectivity index (χ2n) is 7.79. The number of hydrogen-bond acceptors (Lipinski definition) is 8. The predicted octanol–water partition coefficient (Wildman–Crippen LogP) is 1.29. The summed E-state index contributed by atoms with van der Waals surface area (Å²) < 4.78 is 18.9. The average molecular weight is 452 g/mol. The van der Waals surface area contributed by atoms with Crippen molar-refractivity contribution in [1.29, 1.82) is 0 Å². The molecule has 4 N–H and O–H groups in total. The van der Waals surface area contributed by atoms with E-state index in [1.165, 1.54) is 17.0 Å². The van der Waals surface area contributed by atoms with Gasteiger partial charge in [-0.3, -0.25) is 25.5 Å². The van der Waals surface area contributed by atoms with E-state index in [1.54, 1.807) is 36.4 Å². The van der Waals surface area contributed by atoms with Crippen LogP contribution in [0.25, 0.3) is 0 Å². The maximum absolute atomic E-state index is 13.1. The van der Waals surface area contributed by atoms with Crippen LogP contribution in [0.1, 0.15) is 22.0 Å². The highest BCUT2D eigenvalue weighted by Crippen LogP contribution is 2.40. The molecular formula is C21H21FN8O3. The van der Waals surface area contributed by atoms with E-state index >= 15 is 0 Å². The topological polar surface area (TPSA) is 128 Å². The molecule has 0 radical (unpaired) electrons. The number of anilines is 3. The Morgan fingerprint density at radius 2 is 1.94 bits per heavy atom. The number of aromatic nitrogens is 3. The smallest absolute Gasteiger partial charge is 0.291 e. The van der Waals surface area contributed by atoms with Crippen molar-refractivity contribution >= 4 is 28.9 Å². The van der Waals surface area contributed by atoms with E-state index < -0.39 is 11.9 Å². The number of carbonyl (C=O) groups is 2. The largest absolute Gasteiger partial charge is 0.489 e. The lowest BCUT2D eigenvalue weighted by Gasteiger charge is -2.20. The normalized spacial score (nSPS) is 17.4. The molecule has 170 valence electrons. The summed E-state index contributed by atoms with van der Waals surface area (Å²) in [6.45, 7) is -0.0448. The number of H-pyrrole nitrogens is 1. The second kappa shape index (κ2) is 8.06. The van der Waals surface area contributed by atoms with Gasteiger partial charge in [-0.2, -0.15) is 0 Å². The van der Waals surface area contributed by atoms with Crippen molar-refractivity contribution < 1.29 is 18.7 Å². The van der Waals surface area contributed by atoms with Crippen molar-refractivity contribution in [2.45, 2.75) is 12.5 Å². The van der Waals surface area contributed by atoms with Gasteiger partial charge >= 0.3 is 0 Å². The first-order valence-corrected chi connectivity index (χ1v) is 10.2. The first-order valence-electron chi connectivity index (χ1n) is 10.2. The van der Waals surface area contributed by atoms with Gasteiger partial charge in [0.2, 0.25) is 5.82 Å². The lowest BCUT2D eigenvalue weighted by atomic mass is 10.1. The van der Waals surface area contributed by atoms with Gasteiger partial charge in [0, 0.05) is 26.6 Å². The van der Waals surface area contributed by atoms with E-state index in [9.17, 15) is 14.0 Å². The molecule has 2 aliphatic rings. The van der Waals surface area contributed by atoms with Gasteiger partial charge in [-0.25, -0.2) is 9.37 Å². The van der Waals surface area contributed by atoms with Crippen LogP contribution in [-0.2, 0) is 11.2 Å². The number of benzene rings is 2. The molecule has 2 aromatic carbocycles. The Labute approximate surface area is 187 Å². The zero-order valence-electron chi connectivity index (χ0n) is 17.8. The predicted molar refractivity (Wildman–Crippen MR) is 117 cm³/mol. The summed E-state index contributed by atoms with van der Waals surface area (Å²) in [6, 6.07) is 8.64. The number of hydrogen-bond donors (Lipinski definition) is 4. The van der Waals surface area contributed by atoms with Crippen LogP contribution in [0.5, 0.6) is 5.75 Å². The maximum atomic E-state index is 13.1. The molecule has 5 rings (SSSR count). The van der Waals surface area contributed by atoms with Gasteiger partial charge in [-0.15, -0.1) is 10.2 Å². The van der Waals surface area contributed by atoms with Crippen LogP contribution in [0.15, 0.2) is 36.4 Å². The van der Waals surface area contributed by atoms with Gasteiger partial charge in [-0.1, -0.05) is 12.1 Å². The van der Waals surface area contributed by atoms with Crippen LogP contribution in [0.2, 0.25) is 0 Å². The highest BCUT2D eigenvalue weighted by molar-refractivity contribution is 6.03. The zero-order chi connectivity index (χ0) is 23.1. The quantitative estimate of drug-likeness (QED) is 0.466. The van der Waals surface area contributed by atoms with Gasteiger partial charge in [0.05, 0.1) is 17.1 Å². The van der Waals surface area contributed by atoms with Gasteiger partial charge in [0.15, 0.2) is 0 Å². The molecule has 2 aliphatic heterocycles. The monoisotopic (exact) mass is 452 g/mol. The van der Waals surface area contributed by atoms with Crippen molar-refractivity contribution in [1.82, 2.24) is 25.6 Å². The van der Waals surface area contributed by atoms with E-state index in [1.807, 2.05) is 7.05 Å². The molecule has 0 fully saturated rings.